The Morgan fingerprint density at radius 3 is 2.37 bits per heavy atom. The topological polar surface area (TPSA) is 65.5 Å². The average Bonchev–Trinajstić information content (AvgIpc) is 3.25. The zero-order chi connectivity index (χ0) is 24.9. The fraction of sp³-hybridized carbons (Fsp3) is 0.259. The number of fused-ring (bicyclic) bond motifs is 4. The van der Waals surface area contributed by atoms with Gasteiger partial charge in [-0.15, -0.1) is 0 Å². The third-order valence-corrected chi connectivity index (χ3v) is 10.1. The van der Waals surface area contributed by atoms with Crippen LogP contribution in [0.25, 0.3) is 6.08 Å². The van der Waals surface area contributed by atoms with Gasteiger partial charge in [0.05, 0.1) is 0 Å². The van der Waals surface area contributed by atoms with Crippen LogP contribution in [0.4, 0.5) is 16.1 Å². The van der Waals surface area contributed by atoms with Crippen molar-refractivity contribution >= 4 is 65.8 Å². The molecule has 6 rings (SSSR count). The summed E-state index contributed by atoms with van der Waals surface area (Å²) in [7, 11) is 1.58. The number of hydrogen-bond donors (Lipinski definition) is 1. The van der Waals surface area contributed by atoms with Gasteiger partial charge in [0.2, 0.25) is 0 Å². The molecule has 0 bridgehead atoms. The maximum atomic E-state index is 12.8. The molecule has 0 atom stereocenters. The Balaban J connectivity index is 1.59. The van der Waals surface area contributed by atoms with E-state index in [1.165, 1.54) is 37.4 Å². The quantitative estimate of drug-likeness (QED) is 0.215. The van der Waals surface area contributed by atoms with Crippen LogP contribution in [0.1, 0.15) is 54.4 Å². The average molecular weight is 548 g/mol. The van der Waals surface area contributed by atoms with Crippen LogP contribution in [0.2, 0.25) is 0 Å². The molecule has 2 aromatic heterocycles. The summed E-state index contributed by atoms with van der Waals surface area (Å²) in [5.41, 5.74) is 5.85. The fourth-order valence-corrected chi connectivity index (χ4v) is 8.26. The molecule has 176 valence electrons. The number of para-hydroxylation sites is 1. The molecular formula is C27H24N4O2SSe. The number of anilines is 3. The summed E-state index contributed by atoms with van der Waals surface area (Å²) in [5.74, 6) is 0.134. The van der Waals surface area contributed by atoms with E-state index in [0.29, 0.717) is 0 Å². The van der Waals surface area contributed by atoms with Crippen molar-refractivity contribution in [3.05, 3.63) is 74.9 Å². The first-order valence-corrected chi connectivity index (χ1v) is 13.5. The Morgan fingerprint density at radius 2 is 1.66 bits per heavy atom. The second kappa shape index (κ2) is 7.23. The third-order valence-electron chi connectivity index (χ3n) is 7.48. The summed E-state index contributed by atoms with van der Waals surface area (Å²) in [6.45, 7) is 9.03. The van der Waals surface area contributed by atoms with E-state index in [1.807, 2.05) is 12.3 Å². The van der Waals surface area contributed by atoms with Gasteiger partial charge in [-0.05, 0) is 0 Å². The molecule has 0 saturated carbocycles. The SMILES string of the molecule is CN1C(=O)/C(=C/c2cc3c([se]2)N2c4ncccc4C(C)(C)c4cccc(c42)C3(C)C)C(=O)NC1=S. The van der Waals surface area contributed by atoms with Gasteiger partial charge in [0.1, 0.15) is 0 Å². The van der Waals surface area contributed by atoms with Crippen molar-refractivity contribution < 1.29 is 9.59 Å². The predicted molar refractivity (Wildman–Crippen MR) is 142 cm³/mol. The number of hydrogen-bond acceptors (Lipinski definition) is 5. The molecule has 3 aliphatic heterocycles. The summed E-state index contributed by atoms with van der Waals surface area (Å²) in [5, 5.41) is 2.74. The second-order valence-corrected chi connectivity index (χ2v) is 12.8. The molecule has 0 radical (unpaired) electrons. The summed E-state index contributed by atoms with van der Waals surface area (Å²) >= 11 is 4.96. The molecule has 6 nitrogen and oxygen atoms in total. The molecule has 3 aromatic rings. The Hall–Kier alpha value is -3.06. The van der Waals surface area contributed by atoms with E-state index in [1.54, 1.807) is 13.1 Å². The predicted octanol–water partition coefficient (Wildman–Crippen LogP) is 4.14. The zero-order valence-electron chi connectivity index (χ0n) is 20.1. The number of pyridine rings is 1. The van der Waals surface area contributed by atoms with Crippen molar-refractivity contribution in [3.8, 4) is 0 Å². The first kappa shape index (κ1) is 22.4. The van der Waals surface area contributed by atoms with Crippen molar-refractivity contribution in [2.75, 3.05) is 11.9 Å². The monoisotopic (exact) mass is 548 g/mol. The minimum absolute atomic E-state index is 0.114. The van der Waals surface area contributed by atoms with E-state index in [-0.39, 0.29) is 41.9 Å². The van der Waals surface area contributed by atoms with E-state index >= 15 is 0 Å². The van der Waals surface area contributed by atoms with Crippen LogP contribution in [0, 0.1) is 0 Å². The first-order chi connectivity index (χ1) is 16.5. The van der Waals surface area contributed by atoms with Crippen molar-refractivity contribution in [1.82, 2.24) is 15.2 Å². The number of carbonyl (C=O) groups is 2. The summed E-state index contributed by atoms with van der Waals surface area (Å²) in [6.07, 6.45) is 3.59. The molecular weight excluding hydrogens is 523 g/mol. The van der Waals surface area contributed by atoms with Crippen LogP contribution in [-0.2, 0) is 20.4 Å². The fourth-order valence-electron chi connectivity index (χ4n) is 5.42. The molecule has 1 saturated heterocycles. The minimum atomic E-state index is -0.448. The second-order valence-electron chi connectivity index (χ2n) is 10.2. The van der Waals surface area contributed by atoms with Gasteiger partial charge in [0, 0.05) is 0 Å². The molecule has 8 heteroatoms. The van der Waals surface area contributed by atoms with Gasteiger partial charge in [-0.25, -0.2) is 0 Å². The molecule has 1 aromatic carbocycles. The summed E-state index contributed by atoms with van der Waals surface area (Å²) < 4.78 is 2.18. The van der Waals surface area contributed by atoms with Crippen molar-refractivity contribution in [3.63, 3.8) is 0 Å². The van der Waals surface area contributed by atoms with E-state index in [0.717, 1.165) is 10.3 Å². The van der Waals surface area contributed by atoms with Crippen LogP contribution < -0.4 is 10.2 Å². The van der Waals surface area contributed by atoms with Crippen LogP contribution in [0.5, 0.6) is 0 Å². The van der Waals surface area contributed by atoms with E-state index < -0.39 is 5.91 Å². The molecule has 0 spiro atoms. The Labute approximate surface area is 215 Å². The van der Waals surface area contributed by atoms with Gasteiger partial charge < -0.3 is 0 Å². The molecule has 5 heterocycles. The van der Waals surface area contributed by atoms with Gasteiger partial charge in [0.25, 0.3) is 0 Å². The number of aromatic nitrogens is 1. The molecule has 0 aliphatic carbocycles. The van der Waals surface area contributed by atoms with Gasteiger partial charge in [-0.2, -0.15) is 0 Å². The van der Waals surface area contributed by atoms with Gasteiger partial charge in [0.15, 0.2) is 0 Å². The summed E-state index contributed by atoms with van der Waals surface area (Å²) in [6, 6.07) is 12.9. The molecule has 1 fully saturated rings. The molecule has 35 heavy (non-hydrogen) atoms. The van der Waals surface area contributed by atoms with Gasteiger partial charge in [-0.1, -0.05) is 0 Å². The van der Waals surface area contributed by atoms with Crippen LogP contribution >= 0.6 is 12.2 Å². The van der Waals surface area contributed by atoms with Gasteiger partial charge >= 0.3 is 216 Å². The Bertz CT molecular complexity index is 1520. The van der Waals surface area contributed by atoms with Gasteiger partial charge in [-0.3, -0.25) is 0 Å². The molecule has 0 unspecified atom stereocenters. The van der Waals surface area contributed by atoms with Crippen molar-refractivity contribution in [2.45, 2.75) is 38.5 Å². The molecule has 2 amide bonds. The number of nitrogens with one attached hydrogen (secondary N) is 1. The molecule has 3 aliphatic rings. The molecule has 1 N–H and O–H groups in total. The number of thiocarbonyl (C=S) groups is 1. The number of amides is 2. The number of likely N-dealkylation sites (N-methyl/N-ethyl adjacent to an activating group) is 1. The maximum absolute atomic E-state index is 12.8. The standard InChI is InChI=1S/C27H24N4O2SSe/c1-26(2)16-8-6-9-17-20(16)31(21-18(26)10-7-11-28-21)24-19(27(17,3)4)13-14(35-24)12-15-22(32)29-25(34)30(5)23(15)33/h6-13H,1-5H3,(H,29,32,34)/b15-12+. The third kappa shape index (κ3) is 2.94. The number of rotatable bonds is 1. The normalized spacial score (nSPS) is 20.4. The van der Waals surface area contributed by atoms with E-state index in [4.69, 9.17) is 17.2 Å². The summed E-state index contributed by atoms with van der Waals surface area (Å²) in [4.78, 5) is 33.9. The van der Waals surface area contributed by atoms with Crippen LogP contribution in [-0.4, -0.2) is 48.4 Å². The number of carbonyl (C=O) groups excluding carboxylic acids is 2. The zero-order valence-corrected chi connectivity index (χ0v) is 22.6. The number of benzene rings is 1. The van der Waals surface area contributed by atoms with Crippen LogP contribution in [0.3, 0.4) is 0 Å². The van der Waals surface area contributed by atoms with E-state index in [2.05, 4.69) is 68.2 Å². The van der Waals surface area contributed by atoms with Crippen LogP contribution in [0.15, 0.2) is 48.2 Å². The number of nitrogens with zero attached hydrogens (tertiary/aromatic N) is 3. The first-order valence-electron chi connectivity index (χ1n) is 11.4. The Morgan fingerprint density at radius 1 is 1.00 bits per heavy atom. The van der Waals surface area contributed by atoms with Crippen molar-refractivity contribution in [2.24, 2.45) is 0 Å². The Kier molecular flexibility index (Phi) is 4.63. The van der Waals surface area contributed by atoms with E-state index in [9.17, 15) is 9.59 Å². The van der Waals surface area contributed by atoms with Crippen molar-refractivity contribution in [1.29, 1.82) is 0 Å².